The van der Waals surface area contributed by atoms with E-state index in [1.807, 2.05) is 17.0 Å². The van der Waals surface area contributed by atoms with E-state index in [1.54, 1.807) is 24.8 Å². The highest BCUT2D eigenvalue weighted by Crippen LogP contribution is 2.32. The quantitative estimate of drug-likeness (QED) is 0.481. The molecular formula is C19H25N6O. The molecule has 0 aliphatic carbocycles. The average Bonchev–Trinajstić information content (AvgIpc) is 2.68. The van der Waals surface area contributed by atoms with Crippen LogP contribution in [-0.2, 0) is 4.79 Å². The maximum absolute atomic E-state index is 11.2. The minimum atomic E-state index is 0.164. The van der Waals surface area contributed by atoms with Crippen molar-refractivity contribution in [1.29, 1.82) is 0 Å². The zero-order valence-electron chi connectivity index (χ0n) is 15.4. The van der Waals surface area contributed by atoms with Crippen LogP contribution < -0.4 is 9.80 Å². The molecule has 0 aliphatic heterocycles. The van der Waals surface area contributed by atoms with E-state index < -0.39 is 0 Å². The molecule has 0 fully saturated rings. The Labute approximate surface area is 154 Å². The van der Waals surface area contributed by atoms with Gasteiger partial charge in [-0.3, -0.25) is 4.98 Å². The average molecular weight is 353 g/mol. The summed E-state index contributed by atoms with van der Waals surface area (Å²) >= 11 is 0. The van der Waals surface area contributed by atoms with Gasteiger partial charge >= 0.3 is 0 Å². The van der Waals surface area contributed by atoms with E-state index in [-0.39, 0.29) is 6.54 Å². The highest BCUT2D eigenvalue weighted by atomic mass is 16.1. The van der Waals surface area contributed by atoms with Crippen LogP contribution in [0.3, 0.4) is 0 Å². The van der Waals surface area contributed by atoms with Crippen molar-refractivity contribution in [3.8, 4) is 0 Å². The van der Waals surface area contributed by atoms with Crippen molar-refractivity contribution in [3.63, 3.8) is 0 Å². The molecule has 137 valence electrons. The first-order valence-corrected chi connectivity index (χ1v) is 8.80. The first-order valence-electron chi connectivity index (χ1n) is 8.80. The van der Waals surface area contributed by atoms with E-state index in [4.69, 9.17) is 0 Å². The number of rotatable bonds is 10. The van der Waals surface area contributed by atoms with Gasteiger partial charge in [-0.05, 0) is 38.8 Å². The molecule has 7 heteroatoms. The lowest BCUT2D eigenvalue weighted by molar-refractivity contribution is -0.106. The van der Waals surface area contributed by atoms with E-state index >= 15 is 0 Å². The summed E-state index contributed by atoms with van der Waals surface area (Å²) < 4.78 is 0. The van der Waals surface area contributed by atoms with E-state index in [1.165, 1.54) is 0 Å². The predicted molar refractivity (Wildman–Crippen MR) is 106 cm³/mol. The Bertz CT molecular complexity index is 715. The normalized spacial score (nSPS) is 10.9. The van der Waals surface area contributed by atoms with Gasteiger partial charge < -0.3 is 14.6 Å². The molecule has 0 aliphatic rings. The van der Waals surface area contributed by atoms with Crippen LogP contribution in [0.4, 0.5) is 23.1 Å². The summed E-state index contributed by atoms with van der Waals surface area (Å²) in [6, 6.07) is 3.71. The third kappa shape index (κ3) is 4.84. The fourth-order valence-corrected chi connectivity index (χ4v) is 2.47. The van der Waals surface area contributed by atoms with Gasteiger partial charge in [0, 0.05) is 25.5 Å². The van der Waals surface area contributed by atoms with Gasteiger partial charge in [0.15, 0.2) is 5.82 Å². The standard InChI is InChI=1S/C19H25N6O/c1-4-7-11-21-18-17(15-22-19(23-18)24(5-2)6-3)25(12-13-26)16-9-8-10-20-14-16/h8-11,13-15H,1,4-7,12H2,2-3H3. The van der Waals surface area contributed by atoms with Gasteiger partial charge in [0.1, 0.15) is 12.0 Å². The van der Waals surface area contributed by atoms with E-state index in [0.29, 0.717) is 17.5 Å². The number of aromatic nitrogens is 3. The molecule has 2 heterocycles. The molecule has 26 heavy (non-hydrogen) atoms. The molecule has 2 rings (SSSR count). The Kier molecular flexibility index (Phi) is 7.67. The maximum atomic E-state index is 11.2. The van der Waals surface area contributed by atoms with Crippen LogP contribution in [0, 0.1) is 6.92 Å². The van der Waals surface area contributed by atoms with Gasteiger partial charge in [-0.2, -0.15) is 4.98 Å². The minimum absolute atomic E-state index is 0.164. The van der Waals surface area contributed by atoms with Crippen molar-refractivity contribution < 1.29 is 4.79 Å². The second kappa shape index (κ2) is 10.2. The Balaban J connectivity index is 2.51. The van der Waals surface area contributed by atoms with Gasteiger partial charge in [-0.25, -0.2) is 9.98 Å². The number of aldehydes is 1. The van der Waals surface area contributed by atoms with E-state index in [9.17, 15) is 4.79 Å². The molecule has 0 aromatic carbocycles. The number of carbonyl (C=O) groups excluding carboxylic acids is 1. The molecule has 0 unspecified atom stereocenters. The summed E-state index contributed by atoms with van der Waals surface area (Å²) in [5, 5.41) is 0. The third-order valence-electron chi connectivity index (χ3n) is 3.84. The van der Waals surface area contributed by atoms with Crippen molar-refractivity contribution in [2.75, 3.05) is 29.4 Å². The summed E-state index contributed by atoms with van der Waals surface area (Å²) in [5.74, 6) is 1.15. The summed E-state index contributed by atoms with van der Waals surface area (Å²) in [5.41, 5.74) is 1.45. The fourth-order valence-electron chi connectivity index (χ4n) is 2.47. The van der Waals surface area contributed by atoms with Crippen LogP contribution >= 0.6 is 0 Å². The molecule has 0 bridgehead atoms. The van der Waals surface area contributed by atoms with Crippen LogP contribution in [0.25, 0.3) is 0 Å². The highest BCUT2D eigenvalue weighted by molar-refractivity contribution is 5.78. The van der Waals surface area contributed by atoms with Crippen molar-refractivity contribution in [2.24, 2.45) is 4.99 Å². The number of unbranched alkanes of at least 4 members (excludes halogenated alkanes) is 1. The summed E-state index contributed by atoms with van der Waals surface area (Å²) in [7, 11) is 0. The molecule has 7 nitrogen and oxygen atoms in total. The van der Waals surface area contributed by atoms with Crippen molar-refractivity contribution in [2.45, 2.75) is 26.7 Å². The largest absolute Gasteiger partial charge is 0.341 e. The smallest absolute Gasteiger partial charge is 0.227 e. The number of nitrogens with zero attached hydrogens (tertiary/aromatic N) is 6. The van der Waals surface area contributed by atoms with E-state index in [2.05, 4.69) is 45.6 Å². The van der Waals surface area contributed by atoms with E-state index in [0.717, 1.165) is 37.9 Å². The van der Waals surface area contributed by atoms with Gasteiger partial charge in [-0.1, -0.05) is 6.92 Å². The Morgan fingerprint density at radius 1 is 1.27 bits per heavy atom. The Morgan fingerprint density at radius 2 is 2.08 bits per heavy atom. The van der Waals surface area contributed by atoms with Gasteiger partial charge in [0.2, 0.25) is 5.95 Å². The topological polar surface area (TPSA) is 74.6 Å². The minimum Gasteiger partial charge on any atom is -0.341 e. The molecule has 0 saturated carbocycles. The Hall–Kier alpha value is -2.83. The molecule has 0 saturated heterocycles. The van der Waals surface area contributed by atoms with Crippen LogP contribution in [0.2, 0.25) is 0 Å². The molecule has 0 amide bonds. The lowest BCUT2D eigenvalue weighted by atomic mass is 10.3. The van der Waals surface area contributed by atoms with Crippen LogP contribution in [0.15, 0.2) is 35.7 Å². The number of anilines is 3. The first kappa shape index (κ1) is 19.5. The van der Waals surface area contributed by atoms with Gasteiger partial charge in [0.25, 0.3) is 0 Å². The molecular weight excluding hydrogens is 328 g/mol. The maximum Gasteiger partial charge on any atom is 0.227 e. The zero-order valence-corrected chi connectivity index (χ0v) is 15.4. The van der Waals surface area contributed by atoms with Gasteiger partial charge in [-0.15, -0.1) is 0 Å². The summed E-state index contributed by atoms with van der Waals surface area (Å²) in [4.78, 5) is 32.9. The number of hydrogen-bond acceptors (Lipinski definition) is 7. The molecule has 0 atom stereocenters. The van der Waals surface area contributed by atoms with Crippen LogP contribution in [0.1, 0.15) is 26.7 Å². The highest BCUT2D eigenvalue weighted by Gasteiger charge is 2.17. The second-order valence-corrected chi connectivity index (χ2v) is 5.49. The number of pyridine rings is 1. The fraction of sp³-hybridized carbons (Fsp3) is 0.368. The monoisotopic (exact) mass is 353 g/mol. The predicted octanol–water partition coefficient (Wildman–Crippen LogP) is 3.37. The van der Waals surface area contributed by atoms with Crippen molar-refractivity contribution >= 4 is 35.6 Å². The molecule has 0 N–H and O–H groups in total. The molecule has 2 aromatic rings. The number of aliphatic imine (C=N–C) groups is 1. The van der Waals surface area contributed by atoms with Gasteiger partial charge in [0.05, 0.1) is 24.6 Å². The molecule has 0 spiro atoms. The number of carbonyl (C=O) groups is 1. The lowest BCUT2D eigenvalue weighted by Crippen LogP contribution is -2.25. The SMILES string of the molecule is [CH2]CCC=Nc1nc(N(CC)CC)ncc1N(CC=O)c1cccnc1. The van der Waals surface area contributed by atoms with Crippen molar-refractivity contribution in [1.82, 2.24) is 15.0 Å². The first-order chi connectivity index (χ1) is 12.7. The third-order valence-corrected chi connectivity index (χ3v) is 3.84. The second-order valence-electron chi connectivity index (χ2n) is 5.49. The summed E-state index contributed by atoms with van der Waals surface area (Å²) in [6.45, 7) is 9.71. The molecule has 2 aromatic heterocycles. The molecule has 1 radical (unpaired) electrons. The van der Waals surface area contributed by atoms with Crippen molar-refractivity contribution in [3.05, 3.63) is 37.6 Å². The van der Waals surface area contributed by atoms with Crippen LogP contribution in [0.5, 0.6) is 0 Å². The lowest BCUT2D eigenvalue weighted by Gasteiger charge is -2.24. The number of hydrogen-bond donors (Lipinski definition) is 0. The Morgan fingerprint density at radius 3 is 2.69 bits per heavy atom. The van der Waals surface area contributed by atoms with Crippen LogP contribution in [-0.4, -0.2) is 47.1 Å². The zero-order chi connectivity index (χ0) is 18.8. The summed E-state index contributed by atoms with van der Waals surface area (Å²) in [6.07, 6.45) is 9.26.